The first-order valence-electron chi connectivity index (χ1n) is 35.9. The molecular weight excluding hydrogens is 1210 g/mol. The molecule has 0 saturated heterocycles. The largest absolute Gasteiger partial charge is 0.369 e. The molecule has 20 heteroatoms. The average Bonchev–Trinajstić information content (AvgIpc) is 1.07. The molecule has 0 saturated carbocycles. The second-order valence-electron chi connectivity index (χ2n) is 27.8. The number of hydrogen-bond acceptors (Lipinski definition) is 15. The molecule has 0 bridgehead atoms. The number of aliphatic hydroxyl groups excluding tert-OH is 1. The van der Waals surface area contributed by atoms with Crippen molar-refractivity contribution in [1.82, 2.24) is 21.3 Å². The van der Waals surface area contributed by atoms with Crippen molar-refractivity contribution in [1.29, 1.82) is 0 Å². The van der Waals surface area contributed by atoms with Crippen LogP contribution in [-0.2, 0) is 47.9 Å². The van der Waals surface area contributed by atoms with Gasteiger partial charge in [-0.15, -0.1) is 0 Å². The van der Waals surface area contributed by atoms with Crippen LogP contribution in [-0.4, -0.2) is 106 Å². The van der Waals surface area contributed by atoms with E-state index in [4.69, 9.17) is 27.4 Å². The maximum absolute atomic E-state index is 13.4. The molecule has 1 aromatic carbocycles. The molecule has 0 radical (unpaired) electrons. The van der Waals surface area contributed by atoms with Crippen molar-refractivity contribution >= 4 is 64.2 Å². The highest BCUT2D eigenvalue weighted by molar-refractivity contribution is 6.01. The number of allylic oxidation sites excluding steroid dienone is 2. The van der Waals surface area contributed by atoms with Gasteiger partial charge in [0, 0.05) is 85.3 Å². The first-order valence-corrected chi connectivity index (χ1v) is 35.9. The monoisotopic (exact) mass is 1340 g/mol. The lowest BCUT2D eigenvalue weighted by atomic mass is 9.87. The summed E-state index contributed by atoms with van der Waals surface area (Å²) < 4.78 is 0. The van der Waals surface area contributed by atoms with Gasteiger partial charge in [-0.25, -0.2) is 0 Å². The highest BCUT2D eigenvalue weighted by Crippen LogP contribution is 2.23. The summed E-state index contributed by atoms with van der Waals surface area (Å²) in [6, 6.07) is 5.07. The summed E-state index contributed by atoms with van der Waals surface area (Å²) in [5, 5.41) is 29.4. The zero-order chi connectivity index (χ0) is 72.6. The summed E-state index contributed by atoms with van der Waals surface area (Å²) in [7, 11) is 0. The van der Waals surface area contributed by atoms with Crippen LogP contribution < -0.4 is 38.5 Å². The van der Waals surface area contributed by atoms with Crippen molar-refractivity contribution < 1.29 is 63.0 Å². The van der Waals surface area contributed by atoms with E-state index in [-0.39, 0.29) is 114 Å². The van der Waals surface area contributed by atoms with Crippen molar-refractivity contribution in [3.8, 4) is 0 Å². The number of aliphatic hydroxyl groups is 2. The number of nitrogens with two attached hydrogens (primary N) is 3. The van der Waals surface area contributed by atoms with Gasteiger partial charge < -0.3 is 58.3 Å². The maximum atomic E-state index is 13.4. The van der Waals surface area contributed by atoms with E-state index in [0.717, 1.165) is 77.0 Å². The number of amides is 5. The van der Waals surface area contributed by atoms with Crippen molar-refractivity contribution in [2.75, 3.05) is 13.1 Å². The fraction of sp³-hybridized carbons (Fsp3) is 0.747. The van der Waals surface area contributed by atoms with Gasteiger partial charge in [-0.1, -0.05) is 170 Å². The first kappa shape index (κ1) is 91.2. The summed E-state index contributed by atoms with van der Waals surface area (Å²) in [4.78, 5) is 136. The van der Waals surface area contributed by atoms with Crippen molar-refractivity contribution in [2.24, 2.45) is 64.5 Å². The Morgan fingerprint density at radius 1 is 0.495 bits per heavy atom. The van der Waals surface area contributed by atoms with Crippen LogP contribution in [0.5, 0.6) is 0 Å². The standard InChI is InChI=1S/C31H57N3O5.C23H42N4O4.C21H32O4/c1-12-21(8)29(37)33-24(11)27(35)16-22(9)30(38)34-26(15-20(6)7)28(36)17-25(14-19(4)5)31(39)32-23(10)13-18(2)3;1-3-4-5-10-18(22(26)30)16-21(29)20(12-7-9-14-25)27-23(31)19(15-17(2)28)11-6-8-13-24;1-17(22)11-9-7-5-3-2-4-6-8-10-12-20(23)18-13-15-19(16-14-18)21(24)25/h18-26H,12-17H2,1-11H3,(H,32,39)(H,33,37)(H,34,38);12,18-19H,3-11,13-16,24-25H2,1-2H3,(H2,26,30)(H,27,31);13-16,21,24-25H,2-12H2,1H3/b;20-12-;. The van der Waals surface area contributed by atoms with E-state index >= 15 is 0 Å². The van der Waals surface area contributed by atoms with Gasteiger partial charge >= 0.3 is 0 Å². The lowest BCUT2D eigenvalue weighted by Crippen LogP contribution is -2.47. The molecule has 544 valence electrons. The van der Waals surface area contributed by atoms with Crippen LogP contribution in [0.3, 0.4) is 0 Å². The zero-order valence-corrected chi connectivity index (χ0v) is 61.1. The van der Waals surface area contributed by atoms with Gasteiger partial charge in [0.25, 0.3) is 0 Å². The quantitative estimate of drug-likeness (QED) is 0.0127. The van der Waals surface area contributed by atoms with E-state index in [1.54, 1.807) is 58.0 Å². The van der Waals surface area contributed by atoms with Gasteiger partial charge in [0.1, 0.15) is 11.6 Å². The molecule has 0 aromatic heterocycles. The number of hydrogen-bond donors (Lipinski definition) is 9. The number of benzene rings is 1. The van der Waals surface area contributed by atoms with Crippen LogP contribution in [0, 0.1) is 47.3 Å². The van der Waals surface area contributed by atoms with Gasteiger partial charge in [-0.3, -0.25) is 43.2 Å². The Hall–Kier alpha value is -5.83. The highest BCUT2D eigenvalue weighted by atomic mass is 16.5. The minimum Gasteiger partial charge on any atom is -0.369 e. The second kappa shape index (κ2) is 54.2. The van der Waals surface area contributed by atoms with Crippen LogP contribution in [0.4, 0.5) is 0 Å². The lowest BCUT2D eigenvalue weighted by molar-refractivity contribution is -0.134. The van der Waals surface area contributed by atoms with Crippen LogP contribution >= 0.6 is 0 Å². The Morgan fingerprint density at radius 2 is 1.02 bits per heavy atom. The number of rotatable bonds is 52. The minimum absolute atomic E-state index is 0.0178. The van der Waals surface area contributed by atoms with Crippen LogP contribution in [0.1, 0.15) is 299 Å². The molecule has 0 aliphatic carbocycles. The molecule has 1 rings (SSSR count). The summed E-state index contributed by atoms with van der Waals surface area (Å²) in [5.41, 5.74) is 17.8. The molecule has 0 aliphatic heterocycles. The molecule has 0 spiro atoms. The van der Waals surface area contributed by atoms with Gasteiger partial charge in [0.15, 0.2) is 29.4 Å². The van der Waals surface area contributed by atoms with E-state index in [0.29, 0.717) is 81.5 Å². The molecule has 8 unspecified atom stereocenters. The van der Waals surface area contributed by atoms with E-state index < -0.39 is 48.0 Å². The summed E-state index contributed by atoms with van der Waals surface area (Å²) in [6.07, 6.45) is 20.8. The number of ketones is 6. The first-order chi connectivity index (χ1) is 44.7. The van der Waals surface area contributed by atoms with Gasteiger partial charge in [0.2, 0.25) is 29.5 Å². The van der Waals surface area contributed by atoms with Gasteiger partial charge in [-0.2, -0.15) is 0 Å². The predicted molar refractivity (Wildman–Crippen MR) is 379 cm³/mol. The average molecular weight is 1340 g/mol. The Labute approximate surface area is 572 Å². The second-order valence-corrected chi connectivity index (χ2v) is 27.8. The minimum atomic E-state index is -1.49. The van der Waals surface area contributed by atoms with E-state index in [1.807, 2.05) is 41.5 Å². The van der Waals surface area contributed by atoms with E-state index in [1.165, 1.54) is 32.6 Å². The summed E-state index contributed by atoms with van der Waals surface area (Å²) in [5.74, 6) is -3.51. The Kier molecular flexibility index (Phi) is 52.1. The number of carbonyl (C=O) groups excluding carboxylic acids is 11. The molecule has 0 heterocycles. The smallest absolute Gasteiger partial charge is 0.228 e. The van der Waals surface area contributed by atoms with Crippen molar-refractivity contribution in [3.63, 3.8) is 0 Å². The molecule has 8 atom stereocenters. The number of nitrogens with one attached hydrogen (secondary N) is 4. The number of carbonyl (C=O) groups is 11. The topological polar surface area (TPSA) is 354 Å². The fourth-order valence-electron chi connectivity index (χ4n) is 10.9. The molecule has 5 amide bonds. The lowest BCUT2D eigenvalue weighted by Gasteiger charge is -2.26. The third-order valence-electron chi connectivity index (χ3n) is 16.7. The van der Waals surface area contributed by atoms with Gasteiger partial charge in [0.05, 0.1) is 17.8 Å². The Bertz CT molecular complexity index is 2440. The van der Waals surface area contributed by atoms with Crippen molar-refractivity contribution in [2.45, 2.75) is 301 Å². The van der Waals surface area contributed by atoms with Crippen molar-refractivity contribution in [3.05, 3.63) is 47.2 Å². The van der Waals surface area contributed by atoms with E-state index in [9.17, 15) is 52.7 Å². The van der Waals surface area contributed by atoms with Crippen LogP contribution in [0.25, 0.3) is 0 Å². The Balaban J connectivity index is 0. The molecule has 20 nitrogen and oxygen atoms in total. The summed E-state index contributed by atoms with van der Waals surface area (Å²) in [6.45, 7) is 27.3. The zero-order valence-electron chi connectivity index (χ0n) is 61.1. The number of primary amides is 1. The van der Waals surface area contributed by atoms with Crippen LogP contribution in [0.15, 0.2) is 36.0 Å². The number of Topliss-reactive ketones (excluding diaryl/α,β-unsaturated/α-hetero) is 6. The number of unbranched alkanes of at least 4 members (excludes halogenated alkanes) is 12. The fourth-order valence-corrected chi connectivity index (χ4v) is 10.9. The molecule has 12 N–H and O–H groups in total. The highest BCUT2D eigenvalue weighted by Gasteiger charge is 2.32. The molecule has 95 heavy (non-hydrogen) atoms. The van der Waals surface area contributed by atoms with Crippen LogP contribution in [0.2, 0.25) is 0 Å². The maximum Gasteiger partial charge on any atom is 0.228 e. The third kappa shape index (κ3) is 46.1. The normalized spacial score (nSPS) is 14.0. The molecule has 0 fully saturated rings. The van der Waals surface area contributed by atoms with E-state index in [2.05, 4.69) is 42.0 Å². The summed E-state index contributed by atoms with van der Waals surface area (Å²) >= 11 is 0. The van der Waals surface area contributed by atoms with Gasteiger partial charge in [-0.05, 0) is 129 Å². The third-order valence-corrected chi connectivity index (χ3v) is 16.7. The SMILES string of the molecule is CC(=O)CCCCCCCCCCCC(=O)c1ccc(C(O)O)cc1.CCC(C)C(=O)NC(C)C(=O)CC(C)C(=O)NC(CC(C)C)C(=O)CC(CC(C)C)C(=O)NC(C)CC(C)C.CCCCCC(CC(=O)/C(=C/CCCN)NC(=O)C(CCCCN)CC(C)=O)C(N)=O. The molecular formula is C75H131N7O13. The molecule has 0 aliphatic rings. The Morgan fingerprint density at radius 3 is 1.52 bits per heavy atom. The molecule has 1 aromatic rings. The predicted octanol–water partition coefficient (Wildman–Crippen LogP) is 11.7.